The minimum absolute atomic E-state index is 0.507. The van der Waals surface area contributed by atoms with Crippen molar-refractivity contribution in [1.82, 2.24) is 9.78 Å². The van der Waals surface area contributed by atoms with Crippen LogP contribution in [0.1, 0.15) is 55.7 Å². The normalized spacial score (nSPS) is 18.6. The van der Waals surface area contributed by atoms with Crippen LogP contribution in [0.25, 0.3) is 0 Å². The highest BCUT2D eigenvalue weighted by Gasteiger charge is 2.17. The van der Waals surface area contributed by atoms with Crippen LogP contribution in [0.5, 0.6) is 0 Å². The molecule has 2 aromatic rings. The fraction of sp³-hybridized carbons (Fsp3) is 0.533. The van der Waals surface area contributed by atoms with Crippen LogP contribution in [-0.4, -0.2) is 14.9 Å². The standard InChI is InChI=1S/C15H20N2O2/c18-14(15-7-4-10-19-15)11-12-8-9-17(16-12)13-5-2-1-3-6-13/h4,7-10,13-14,18H,1-3,5-6,11H2. The molecule has 4 heteroatoms. The van der Waals surface area contributed by atoms with Crippen molar-refractivity contribution in [3.8, 4) is 0 Å². The lowest BCUT2D eigenvalue weighted by atomic mass is 9.96. The minimum Gasteiger partial charge on any atom is -0.467 e. The van der Waals surface area contributed by atoms with Gasteiger partial charge in [0.25, 0.3) is 0 Å². The van der Waals surface area contributed by atoms with Crippen LogP contribution in [0.4, 0.5) is 0 Å². The van der Waals surface area contributed by atoms with Gasteiger partial charge in [-0.3, -0.25) is 4.68 Å². The zero-order valence-corrected chi connectivity index (χ0v) is 11.0. The first kappa shape index (κ1) is 12.5. The summed E-state index contributed by atoms with van der Waals surface area (Å²) in [5.41, 5.74) is 0.925. The molecular formula is C15H20N2O2. The summed E-state index contributed by atoms with van der Waals surface area (Å²) in [5.74, 6) is 0.604. The first-order valence-electron chi connectivity index (χ1n) is 7.08. The average molecular weight is 260 g/mol. The fourth-order valence-corrected chi connectivity index (χ4v) is 2.81. The summed E-state index contributed by atoms with van der Waals surface area (Å²) in [6.07, 6.45) is 9.92. The number of rotatable bonds is 4. The first-order valence-corrected chi connectivity index (χ1v) is 7.08. The van der Waals surface area contributed by atoms with Gasteiger partial charge >= 0.3 is 0 Å². The van der Waals surface area contributed by atoms with Crippen LogP contribution in [0, 0.1) is 0 Å². The van der Waals surface area contributed by atoms with E-state index in [9.17, 15) is 5.11 Å². The summed E-state index contributed by atoms with van der Waals surface area (Å²) in [4.78, 5) is 0. The molecule has 102 valence electrons. The number of aromatic nitrogens is 2. The van der Waals surface area contributed by atoms with Gasteiger partial charge in [-0.15, -0.1) is 0 Å². The molecule has 0 radical (unpaired) electrons. The molecule has 1 aliphatic carbocycles. The quantitative estimate of drug-likeness (QED) is 0.918. The van der Waals surface area contributed by atoms with Crippen molar-refractivity contribution in [2.45, 2.75) is 50.7 Å². The summed E-state index contributed by atoms with van der Waals surface area (Å²) in [6.45, 7) is 0. The van der Waals surface area contributed by atoms with Crippen LogP contribution in [-0.2, 0) is 6.42 Å². The molecule has 1 unspecified atom stereocenters. The van der Waals surface area contributed by atoms with Crippen molar-refractivity contribution in [3.05, 3.63) is 42.1 Å². The Bertz CT molecular complexity index is 498. The van der Waals surface area contributed by atoms with E-state index in [1.54, 1.807) is 18.4 Å². The molecule has 3 rings (SSSR count). The Labute approximate surface area is 113 Å². The van der Waals surface area contributed by atoms with E-state index in [1.165, 1.54) is 32.1 Å². The zero-order chi connectivity index (χ0) is 13.1. The molecule has 1 aliphatic rings. The lowest BCUT2D eigenvalue weighted by Gasteiger charge is -2.21. The topological polar surface area (TPSA) is 51.2 Å². The highest BCUT2D eigenvalue weighted by molar-refractivity contribution is 5.08. The number of aliphatic hydroxyl groups is 1. The van der Waals surface area contributed by atoms with E-state index >= 15 is 0 Å². The smallest absolute Gasteiger partial charge is 0.132 e. The van der Waals surface area contributed by atoms with Gasteiger partial charge in [-0.25, -0.2) is 0 Å². The van der Waals surface area contributed by atoms with E-state index < -0.39 is 6.10 Å². The van der Waals surface area contributed by atoms with E-state index in [4.69, 9.17) is 4.42 Å². The second-order valence-corrected chi connectivity index (χ2v) is 5.31. The molecule has 19 heavy (non-hydrogen) atoms. The summed E-state index contributed by atoms with van der Waals surface area (Å²) in [6, 6.07) is 6.13. The van der Waals surface area contributed by atoms with Gasteiger partial charge in [-0.1, -0.05) is 19.3 Å². The van der Waals surface area contributed by atoms with Gasteiger partial charge in [-0.2, -0.15) is 5.10 Å². The Morgan fingerprint density at radius 2 is 2.16 bits per heavy atom. The van der Waals surface area contributed by atoms with Crippen molar-refractivity contribution in [2.75, 3.05) is 0 Å². The number of hydrogen-bond acceptors (Lipinski definition) is 3. The maximum Gasteiger partial charge on any atom is 0.132 e. The Hall–Kier alpha value is -1.55. The molecule has 1 fully saturated rings. The number of furan rings is 1. The molecule has 0 saturated heterocycles. The van der Waals surface area contributed by atoms with E-state index in [1.807, 2.05) is 12.3 Å². The third-order valence-corrected chi connectivity index (χ3v) is 3.89. The molecule has 0 aliphatic heterocycles. The highest BCUT2D eigenvalue weighted by Crippen LogP contribution is 2.28. The minimum atomic E-state index is -0.607. The molecule has 1 saturated carbocycles. The molecular weight excluding hydrogens is 240 g/mol. The monoisotopic (exact) mass is 260 g/mol. The van der Waals surface area contributed by atoms with Crippen LogP contribution >= 0.6 is 0 Å². The van der Waals surface area contributed by atoms with Gasteiger partial charge in [0, 0.05) is 12.6 Å². The zero-order valence-electron chi connectivity index (χ0n) is 11.0. The lowest BCUT2D eigenvalue weighted by Crippen LogP contribution is -2.13. The predicted octanol–water partition coefficient (Wildman–Crippen LogP) is 3.26. The summed E-state index contributed by atoms with van der Waals surface area (Å²) in [5, 5.41) is 14.6. The Kier molecular flexibility index (Phi) is 3.69. The predicted molar refractivity (Wildman–Crippen MR) is 71.7 cm³/mol. The number of aliphatic hydroxyl groups excluding tert-OH is 1. The lowest BCUT2D eigenvalue weighted by molar-refractivity contribution is 0.148. The Morgan fingerprint density at radius 3 is 2.89 bits per heavy atom. The largest absolute Gasteiger partial charge is 0.467 e. The van der Waals surface area contributed by atoms with Gasteiger partial charge < -0.3 is 9.52 Å². The van der Waals surface area contributed by atoms with Crippen molar-refractivity contribution < 1.29 is 9.52 Å². The molecule has 2 aromatic heterocycles. The average Bonchev–Trinajstić information content (AvgIpc) is 3.11. The Morgan fingerprint density at radius 1 is 1.32 bits per heavy atom. The molecule has 0 spiro atoms. The Balaban J connectivity index is 1.64. The molecule has 0 bridgehead atoms. The number of hydrogen-bond donors (Lipinski definition) is 1. The van der Waals surface area contributed by atoms with Gasteiger partial charge in [0.05, 0.1) is 18.0 Å². The van der Waals surface area contributed by atoms with Gasteiger partial charge in [0.15, 0.2) is 0 Å². The van der Waals surface area contributed by atoms with E-state index in [-0.39, 0.29) is 0 Å². The molecule has 4 nitrogen and oxygen atoms in total. The summed E-state index contributed by atoms with van der Waals surface area (Å²) >= 11 is 0. The second kappa shape index (κ2) is 5.61. The van der Waals surface area contributed by atoms with Gasteiger partial charge in [0.1, 0.15) is 11.9 Å². The summed E-state index contributed by atoms with van der Waals surface area (Å²) in [7, 11) is 0. The first-order chi connectivity index (χ1) is 9.33. The molecule has 1 N–H and O–H groups in total. The van der Waals surface area contributed by atoms with Crippen LogP contribution in [0.15, 0.2) is 35.1 Å². The molecule has 0 amide bonds. The van der Waals surface area contributed by atoms with Crippen molar-refractivity contribution in [1.29, 1.82) is 0 Å². The van der Waals surface area contributed by atoms with Crippen LogP contribution in [0.3, 0.4) is 0 Å². The van der Waals surface area contributed by atoms with E-state index in [2.05, 4.69) is 9.78 Å². The third kappa shape index (κ3) is 2.89. The van der Waals surface area contributed by atoms with Gasteiger partial charge in [-0.05, 0) is 31.0 Å². The maximum absolute atomic E-state index is 10.0. The fourth-order valence-electron chi connectivity index (χ4n) is 2.81. The van der Waals surface area contributed by atoms with Crippen molar-refractivity contribution >= 4 is 0 Å². The molecule has 0 aromatic carbocycles. The second-order valence-electron chi connectivity index (χ2n) is 5.31. The van der Waals surface area contributed by atoms with E-state index in [0.29, 0.717) is 18.2 Å². The van der Waals surface area contributed by atoms with Crippen LogP contribution < -0.4 is 0 Å². The van der Waals surface area contributed by atoms with Crippen LogP contribution in [0.2, 0.25) is 0 Å². The molecule has 1 atom stereocenters. The number of nitrogens with zero attached hydrogens (tertiary/aromatic N) is 2. The highest BCUT2D eigenvalue weighted by atomic mass is 16.4. The van der Waals surface area contributed by atoms with Crippen molar-refractivity contribution in [3.63, 3.8) is 0 Å². The molecule has 2 heterocycles. The SMILES string of the molecule is OC(Cc1ccn(C2CCCCC2)n1)c1ccco1. The van der Waals surface area contributed by atoms with E-state index in [0.717, 1.165) is 5.69 Å². The van der Waals surface area contributed by atoms with Gasteiger partial charge in [0.2, 0.25) is 0 Å². The van der Waals surface area contributed by atoms with Crippen molar-refractivity contribution in [2.24, 2.45) is 0 Å². The summed E-state index contributed by atoms with van der Waals surface area (Å²) < 4.78 is 7.28. The third-order valence-electron chi connectivity index (χ3n) is 3.89. The maximum atomic E-state index is 10.0.